The molecule has 1 aromatic rings. The van der Waals surface area contributed by atoms with Crippen molar-refractivity contribution < 1.29 is 18.8 Å². The van der Waals surface area contributed by atoms with Crippen molar-refractivity contribution in [3.05, 3.63) is 30.3 Å². The van der Waals surface area contributed by atoms with E-state index in [0.717, 1.165) is 25.0 Å². The Labute approximate surface area is 121 Å². The Morgan fingerprint density at radius 3 is 2.60 bits per heavy atom. The van der Waals surface area contributed by atoms with Gasteiger partial charge in [-0.1, -0.05) is 18.2 Å². The van der Waals surface area contributed by atoms with Gasteiger partial charge in [0.2, 0.25) is 0 Å². The van der Waals surface area contributed by atoms with E-state index in [1.807, 2.05) is 30.3 Å². The maximum absolute atomic E-state index is 12.0. The summed E-state index contributed by atoms with van der Waals surface area (Å²) in [5, 5.41) is 8.82. The normalized spacial score (nSPS) is 17.4. The molecule has 110 valence electrons. The van der Waals surface area contributed by atoms with Gasteiger partial charge in [-0.05, 0) is 36.8 Å². The van der Waals surface area contributed by atoms with Crippen molar-refractivity contribution in [3.8, 4) is 5.75 Å². The molecule has 0 bridgehead atoms. The molecule has 2 rings (SSSR count). The lowest BCUT2D eigenvalue weighted by molar-refractivity contribution is -0.138. The fourth-order valence-electron chi connectivity index (χ4n) is 2.21. The molecular formula is C15H20O4S. The SMILES string of the molecule is O=C(O)CC1(CS(=O)CCCOc2ccccc2)CC1. The monoisotopic (exact) mass is 296 g/mol. The molecule has 1 N–H and O–H groups in total. The first-order valence-corrected chi connectivity index (χ1v) is 8.33. The molecule has 4 nitrogen and oxygen atoms in total. The van der Waals surface area contributed by atoms with Gasteiger partial charge >= 0.3 is 5.97 Å². The van der Waals surface area contributed by atoms with Gasteiger partial charge in [-0.15, -0.1) is 0 Å². The Morgan fingerprint density at radius 1 is 1.30 bits per heavy atom. The first-order valence-electron chi connectivity index (χ1n) is 6.84. The molecule has 0 aliphatic heterocycles. The quantitative estimate of drug-likeness (QED) is 0.711. The van der Waals surface area contributed by atoms with Crippen molar-refractivity contribution in [3.63, 3.8) is 0 Å². The van der Waals surface area contributed by atoms with Gasteiger partial charge < -0.3 is 9.84 Å². The van der Waals surface area contributed by atoms with E-state index in [1.165, 1.54) is 0 Å². The maximum Gasteiger partial charge on any atom is 0.303 e. The lowest BCUT2D eigenvalue weighted by atomic mass is 10.1. The van der Waals surface area contributed by atoms with Crippen LogP contribution in [-0.4, -0.2) is 33.4 Å². The minimum absolute atomic E-state index is 0.152. The fraction of sp³-hybridized carbons (Fsp3) is 0.533. The molecule has 0 radical (unpaired) electrons. The van der Waals surface area contributed by atoms with Crippen LogP contribution in [0.25, 0.3) is 0 Å². The van der Waals surface area contributed by atoms with Gasteiger partial charge in [0.05, 0.1) is 13.0 Å². The zero-order valence-electron chi connectivity index (χ0n) is 11.4. The molecule has 0 spiro atoms. The van der Waals surface area contributed by atoms with Gasteiger partial charge in [-0.2, -0.15) is 0 Å². The lowest BCUT2D eigenvalue weighted by Gasteiger charge is -2.12. The van der Waals surface area contributed by atoms with Gasteiger partial charge in [0.1, 0.15) is 5.75 Å². The Balaban J connectivity index is 1.62. The second-order valence-corrected chi connectivity index (χ2v) is 6.95. The van der Waals surface area contributed by atoms with Crippen LogP contribution in [0.5, 0.6) is 5.75 Å². The van der Waals surface area contributed by atoms with Crippen LogP contribution in [0.2, 0.25) is 0 Å². The summed E-state index contributed by atoms with van der Waals surface area (Å²) in [6.45, 7) is 0.543. The van der Waals surface area contributed by atoms with Crippen LogP contribution in [0.1, 0.15) is 25.7 Å². The molecule has 1 unspecified atom stereocenters. The molecule has 1 saturated carbocycles. The van der Waals surface area contributed by atoms with E-state index >= 15 is 0 Å². The zero-order valence-corrected chi connectivity index (χ0v) is 12.2. The first kappa shape index (κ1) is 15.0. The maximum atomic E-state index is 12.0. The van der Waals surface area contributed by atoms with E-state index in [2.05, 4.69) is 0 Å². The second-order valence-electron chi connectivity index (χ2n) is 5.37. The Morgan fingerprint density at radius 2 is 2.00 bits per heavy atom. The van der Waals surface area contributed by atoms with E-state index in [9.17, 15) is 9.00 Å². The highest BCUT2D eigenvalue weighted by atomic mass is 32.2. The van der Waals surface area contributed by atoms with Crippen molar-refractivity contribution in [2.24, 2.45) is 5.41 Å². The molecule has 0 amide bonds. The zero-order chi connectivity index (χ0) is 14.4. The Hall–Kier alpha value is -1.36. The van der Waals surface area contributed by atoms with Crippen LogP contribution in [0.4, 0.5) is 0 Å². The first-order chi connectivity index (χ1) is 9.60. The minimum Gasteiger partial charge on any atom is -0.494 e. The largest absolute Gasteiger partial charge is 0.494 e. The van der Waals surface area contributed by atoms with Gasteiger partial charge in [0.15, 0.2) is 0 Å². The van der Waals surface area contributed by atoms with Crippen LogP contribution < -0.4 is 4.74 Å². The van der Waals surface area contributed by atoms with Crippen molar-refractivity contribution in [2.75, 3.05) is 18.1 Å². The topological polar surface area (TPSA) is 63.6 Å². The van der Waals surface area contributed by atoms with Crippen molar-refractivity contribution in [1.82, 2.24) is 0 Å². The molecule has 1 aromatic carbocycles. The summed E-state index contributed by atoms with van der Waals surface area (Å²) in [5.41, 5.74) is -0.184. The van der Waals surface area contributed by atoms with Crippen molar-refractivity contribution in [1.29, 1.82) is 0 Å². The van der Waals surface area contributed by atoms with E-state index < -0.39 is 16.8 Å². The number of carboxylic acid groups (broad SMARTS) is 1. The third kappa shape index (κ3) is 4.96. The lowest BCUT2D eigenvalue weighted by Crippen LogP contribution is -2.18. The summed E-state index contributed by atoms with van der Waals surface area (Å²) < 4.78 is 17.5. The molecule has 1 aliphatic rings. The number of carbonyl (C=O) groups is 1. The summed E-state index contributed by atoms with van der Waals surface area (Å²) in [7, 11) is -0.945. The summed E-state index contributed by atoms with van der Waals surface area (Å²) in [6.07, 6.45) is 2.67. The van der Waals surface area contributed by atoms with Crippen LogP contribution in [-0.2, 0) is 15.6 Å². The van der Waals surface area contributed by atoms with E-state index in [-0.39, 0.29) is 11.8 Å². The number of ether oxygens (including phenoxy) is 1. The summed E-state index contributed by atoms with van der Waals surface area (Å²) in [6, 6.07) is 9.54. The highest BCUT2D eigenvalue weighted by Gasteiger charge is 2.45. The molecule has 0 aromatic heterocycles. The highest BCUT2D eigenvalue weighted by molar-refractivity contribution is 7.85. The number of aliphatic carboxylic acids is 1. The summed E-state index contributed by atoms with van der Waals surface area (Å²) >= 11 is 0. The van der Waals surface area contributed by atoms with E-state index in [1.54, 1.807) is 0 Å². The van der Waals surface area contributed by atoms with Crippen molar-refractivity contribution in [2.45, 2.75) is 25.7 Å². The molecule has 5 heteroatoms. The third-order valence-corrected chi connectivity index (χ3v) is 5.16. The highest BCUT2D eigenvalue weighted by Crippen LogP contribution is 2.49. The number of hydrogen-bond donors (Lipinski definition) is 1. The molecule has 1 aliphatic carbocycles. The minimum atomic E-state index is -0.945. The second kappa shape index (κ2) is 6.88. The Bertz CT molecular complexity index is 468. The fourth-order valence-corrected chi connectivity index (χ4v) is 3.87. The average molecular weight is 296 g/mol. The van der Waals surface area contributed by atoms with Crippen LogP contribution in [0.15, 0.2) is 30.3 Å². The predicted octanol–water partition coefficient (Wildman–Crippen LogP) is 2.46. The molecule has 0 heterocycles. The smallest absolute Gasteiger partial charge is 0.303 e. The van der Waals surface area contributed by atoms with E-state index in [0.29, 0.717) is 18.1 Å². The summed E-state index contributed by atoms with van der Waals surface area (Å²) in [5.74, 6) is 1.13. The molecule has 1 fully saturated rings. The predicted molar refractivity (Wildman–Crippen MR) is 78.4 cm³/mol. The number of carboxylic acids is 1. The standard InChI is InChI=1S/C15H20O4S/c16-14(17)11-15(7-8-15)12-20(18)10-4-9-19-13-5-2-1-3-6-13/h1-3,5-6H,4,7-12H2,(H,16,17). The number of benzene rings is 1. The van der Waals surface area contributed by atoms with Gasteiger partial charge in [0, 0.05) is 22.3 Å². The molecule has 0 saturated heterocycles. The average Bonchev–Trinajstić information content (AvgIpc) is 3.14. The molecular weight excluding hydrogens is 276 g/mol. The van der Waals surface area contributed by atoms with Crippen LogP contribution in [0, 0.1) is 5.41 Å². The number of rotatable bonds is 9. The molecule has 20 heavy (non-hydrogen) atoms. The van der Waals surface area contributed by atoms with Gasteiger partial charge in [-0.25, -0.2) is 0 Å². The van der Waals surface area contributed by atoms with Crippen LogP contribution >= 0.6 is 0 Å². The number of hydrogen-bond acceptors (Lipinski definition) is 3. The third-order valence-electron chi connectivity index (χ3n) is 3.48. The van der Waals surface area contributed by atoms with Crippen LogP contribution in [0.3, 0.4) is 0 Å². The van der Waals surface area contributed by atoms with Crippen molar-refractivity contribution >= 4 is 16.8 Å². The van der Waals surface area contributed by atoms with E-state index in [4.69, 9.17) is 9.84 Å². The summed E-state index contributed by atoms with van der Waals surface area (Å²) in [4.78, 5) is 10.7. The Kier molecular flexibility index (Phi) is 5.17. The van der Waals surface area contributed by atoms with Gasteiger partial charge in [-0.3, -0.25) is 9.00 Å². The molecule has 1 atom stereocenters. The number of para-hydroxylation sites is 1. The van der Waals surface area contributed by atoms with Gasteiger partial charge in [0.25, 0.3) is 0 Å².